The van der Waals surface area contributed by atoms with Crippen molar-refractivity contribution in [2.24, 2.45) is 134 Å². The average Bonchev–Trinajstić information content (AvgIpc) is 1.61. The lowest BCUT2D eigenvalue weighted by molar-refractivity contribution is -0.211. The van der Waals surface area contributed by atoms with Crippen molar-refractivity contribution < 1.29 is 60.5 Å². The Kier molecular flexibility index (Phi) is 28.3. The van der Waals surface area contributed by atoms with Gasteiger partial charge < -0.3 is 65.4 Å². The molecule has 13 nitrogen and oxygen atoms in total. The van der Waals surface area contributed by atoms with Crippen LogP contribution in [0.2, 0.25) is 0 Å². The minimum Gasteiger partial charge on any atom is -0.390 e. The summed E-state index contributed by atoms with van der Waals surface area (Å²) in [5, 5.41) is 117. The molecule has 10 N–H and O–H groups in total. The lowest BCUT2D eigenvalue weighted by Crippen LogP contribution is -2.63. The Bertz CT molecular complexity index is 5080. The van der Waals surface area contributed by atoms with Gasteiger partial charge >= 0.3 is 0 Å². The van der Waals surface area contributed by atoms with Crippen LogP contribution in [-0.2, 0) is 9.47 Å². The number of fused-ring (bicyclic) bond motifs is 23. The first-order chi connectivity index (χ1) is 66.4. The maximum atomic E-state index is 12.1. The second-order valence-corrected chi connectivity index (χ2v) is 53.7. The van der Waals surface area contributed by atoms with Gasteiger partial charge in [0.2, 0.25) is 0 Å². The zero-order valence-corrected chi connectivity index (χ0v) is 89.0. The van der Waals surface area contributed by atoms with E-state index in [9.17, 15) is 51.1 Å². The van der Waals surface area contributed by atoms with Crippen LogP contribution >= 0.6 is 23.5 Å². The van der Waals surface area contributed by atoms with Crippen molar-refractivity contribution in [2.75, 3.05) is 37.8 Å². The van der Waals surface area contributed by atoms with E-state index in [1.165, 1.54) is 117 Å². The molecule has 0 aromatic carbocycles. The third-order valence-electron chi connectivity index (χ3n) is 47.1. The number of rotatable bonds is 11. The fourth-order valence-corrected chi connectivity index (χ4v) is 43.7. The molecular formula is C124H179NO12S2. The molecule has 33 atom stereocenters. The first-order valence-corrected chi connectivity index (χ1v) is 59.2. The van der Waals surface area contributed by atoms with Gasteiger partial charge in [-0.1, -0.05) is 162 Å². The van der Waals surface area contributed by atoms with Crippen molar-refractivity contribution in [2.45, 2.75) is 450 Å². The van der Waals surface area contributed by atoms with E-state index in [4.69, 9.17) is 41.6 Å². The molecule has 23 rings (SSSR count). The number of hydrogen-bond donors (Lipinski definition) is 10. The number of thioether (sulfide) groups is 2. The van der Waals surface area contributed by atoms with Gasteiger partial charge in [0, 0.05) is 82.0 Å². The van der Waals surface area contributed by atoms with Gasteiger partial charge in [-0.2, -0.15) is 0 Å². The highest BCUT2D eigenvalue weighted by molar-refractivity contribution is 8.21. The van der Waals surface area contributed by atoms with Crippen LogP contribution in [0.4, 0.5) is 0 Å². The molecular weight excluding hydrogens is 1760 g/mol. The first-order valence-electron chi connectivity index (χ1n) is 57.2. The molecule has 3 saturated heterocycles. The van der Waals surface area contributed by atoms with Crippen LogP contribution in [-0.4, -0.2) is 160 Å². The van der Waals surface area contributed by atoms with Crippen LogP contribution in [0.3, 0.4) is 0 Å². The lowest BCUT2D eigenvalue weighted by atomic mass is 9.44. The zero-order chi connectivity index (χ0) is 98.7. The Morgan fingerprint density at radius 2 is 0.791 bits per heavy atom. The van der Waals surface area contributed by atoms with Crippen LogP contribution < -0.4 is 0 Å². The van der Waals surface area contributed by atoms with Gasteiger partial charge in [0.25, 0.3) is 0 Å². The number of allylic oxidation sites excluding steroid dienone is 10. The second kappa shape index (κ2) is 37.9. The molecule has 3 heterocycles. The predicted octanol–water partition coefficient (Wildman–Crippen LogP) is 23.1. The standard InChI is InChI=1S/C27H39NO2.C25H36O4.C25H36O2S2.C24H34O2.C23H34O2/c1-4-25-18-26(29,5-2)24-21-12-10-20(28-15-7-8-16-28)17-19(21)9-11-22(24)23(25)13-14-27(25,30)6-3;2*1-4-22-16-23(26,5-2)21-18-9-12-25(28-13-14-29-25)15-17(18)7-8-19(21)20(22)10-11-24(22,27)6-3;1-5-22-15-23(25,6-2)21-18-10-8-16(4)14-17(18)9-11-19(21)20(22)12-13-24(22,26)7-3;1-4-21-15-22(24,5-2)20-17-10-8-7-9-16(17)11-12-18(20)19(21)13-14-23(21,25)6-3/h3,17,22-24,29-30H,4-5,7-16,18H2,1-2H3;3,7,18-21,26-27H,4-5,8-16H2,1-2H3;3,15,18-21,26-27H,4-5,7-14,16H2,1-2H3;3,8,19-21,25-26H,5-6,9-15H2,1-2,4H3;3,9,17-20,24-25H,4-5,7-8,10-15H2,1-2H3/t22?,23?,24?,25-,26?,27-;2*18?,19?,20?,21?,22-,23?,24-;19?,20?,21?,22-,23?,24-;17?,18?,19?,20?,21-,22?,23-/m00000/s1. The van der Waals surface area contributed by atoms with Gasteiger partial charge in [0.15, 0.2) is 5.79 Å². The van der Waals surface area contributed by atoms with Crippen molar-refractivity contribution >= 4 is 23.5 Å². The first kappa shape index (κ1) is 104. The van der Waals surface area contributed by atoms with Crippen LogP contribution in [0.5, 0.6) is 0 Å². The molecule has 0 bridgehead atoms. The molecule has 23 unspecified atom stereocenters. The number of terminal acetylenes is 5. The highest BCUT2D eigenvalue weighted by atomic mass is 32.2. The SMILES string of the molecule is C#C[C@]1(O)CCC2C3CC=C4CC5(CCC4C3C(O)(CC)C[C@@]21CC)OCCO5.C#C[C@]1(O)CCC2C3CCC4=C(CC=C(C)C4)C3C(O)(CC)C[C@@]21CC.C#C[C@]1(O)CCC2C3CCC4=C(CCC(N5CCCC5)=C4)C3C(O)(CC)C[C@@]21CC.C#C[C@]1(O)CCC2C3CCC4=CC5(CCC4C3C(O)(CC)C[C@@]21CC)SCCS5.C#C[C@]1(O)CCC2C3CCC4=CCCCC4C3C(O)(CC)C[C@@]21CC. The van der Waals surface area contributed by atoms with Crippen molar-refractivity contribution in [1.82, 2.24) is 4.90 Å². The fourth-order valence-electron chi connectivity index (χ4n) is 40.5. The number of ether oxygens (including phenoxy) is 2. The highest BCUT2D eigenvalue weighted by Crippen LogP contribution is 2.77. The molecule has 16 fully saturated rings. The molecule has 0 radical (unpaired) electrons. The van der Waals surface area contributed by atoms with Crippen LogP contribution in [0.1, 0.15) is 384 Å². The molecule has 0 aromatic rings. The summed E-state index contributed by atoms with van der Waals surface area (Å²) in [4.78, 5) is 2.59. The van der Waals surface area contributed by atoms with Gasteiger partial charge in [0.05, 0.1) is 45.3 Å². The number of aliphatic hydroxyl groups is 10. The van der Waals surface area contributed by atoms with Crippen molar-refractivity contribution in [3.05, 3.63) is 80.7 Å². The molecule has 13 saturated carbocycles. The van der Waals surface area contributed by atoms with Crippen LogP contribution in [0.25, 0.3) is 0 Å². The summed E-state index contributed by atoms with van der Waals surface area (Å²) in [5.41, 5.74) is 3.24. The summed E-state index contributed by atoms with van der Waals surface area (Å²) >= 11 is 4.29. The lowest BCUT2D eigenvalue weighted by Gasteiger charge is -2.62. The van der Waals surface area contributed by atoms with Gasteiger partial charge in [-0.3, -0.25) is 0 Å². The van der Waals surface area contributed by atoms with Gasteiger partial charge in [-0.25, -0.2) is 0 Å². The minimum atomic E-state index is -1.09. The minimum absolute atomic E-state index is 0.243. The summed E-state index contributed by atoms with van der Waals surface area (Å²) in [7, 11) is 0. The molecule has 764 valence electrons. The molecule has 23 aliphatic rings. The monoisotopic (exact) mass is 1940 g/mol. The van der Waals surface area contributed by atoms with Crippen LogP contribution in [0, 0.1) is 195 Å². The van der Waals surface area contributed by atoms with E-state index in [2.05, 4.69) is 165 Å². The number of likely N-dealkylation sites (tertiary alicyclic amines) is 1. The maximum absolute atomic E-state index is 12.1. The highest BCUT2D eigenvalue weighted by Gasteiger charge is 2.76. The summed E-state index contributed by atoms with van der Waals surface area (Å²) < 4.78 is 12.3. The molecule has 20 aliphatic carbocycles. The zero-order valence-electron chi connectivity index (χ0n) is 87.4. The molecule has 2 spiro atoms. The Labute approximate surface area is 847 Å². The Balaban J connectivity index is 0.000000111. The van der Waals surface area contributed by atoms with E-state index in [1.54, 1.807) is 22.3 Å². The van der Waals surface area contributed by atoms with E-state index in [1.807, 2.05) is 0 Å². The van der Waals surface area contributed by atoms with E-state index in [0.29, 0.717) is 177 Å². The quantitative estimate of drug-likeness (QED) is 0.0686. The molecule has 0 amide bonds. The summed E-state index contributed by atoms with van der Waals surface area (Å²) in [6, 6.07) is 0. The fraction of sp³-hybridized carbons (Fsp3) is 0.806. The second-order valence-electron chi connectivity index (χ2n) is 50.5. The van der Waals surface area contributed by atoms with E-state index in [-0.39, 0.29) is 44.8 Å². The smallest absolute Gasteiger partial charge is 0.172 e. The molecule has 139 heavy (non-hydrogen) atoms. The normalized spacial score (nSPS) is 49.0. The van der Waals surface area contributed by atoms with Crippen molar-refractivity contribution in [3.8, 4) is 61.7 Å². The van der Waals surface area contributed by atoms with Crippen molar-refractivity contribution in [1.29, 1.82) is 0 Å². The van der Waals surface area contributed by atoms with E-state index in [0.717, 1.165) is 173 Å². The summed E-state index contributed by atoms with van der Waals surface area (Å²) in [6.45, 7) is 27.5. The van der Waals surface area contributed by atoms with Crippen molar-refractivity contribution in [3.63, 3.8) is 0 Å². The Morgan fingerprint density at radius 1 is 0.388 bits per heavy atom. The van der Waals surface area contributed by atoms with Gasteiger partial charge in [0.1, 0.15) is 28.0 Å². The van der Waals surface area contributed by atoms with Gasteiger partial charge in [-0.15, -0.1) is 55.6 Å². The van der Waals surface area contributed by atoms with E-state index < -0.39 is 61.8 Å². The molecule has 0 aromatic heterocycles. The Morgan fingerprint density at radius 3 is 1.25 bits per heavy atom. The number of nitrogens with zero attached hydrogens (tertiary/aromatic N) is 1. The third kappa shape index (κ3) is 15.6. The van der Waals surface area contributed by atoms with Crippen LogP contribution in [0.15, 0.2) is 80.7 Å². The largest absolute Gasteiger partial charge is 0.390 e. The Hall–Kier alpha value is -4.00. The topological polar surface area (TPSA) is 224 Å². The summed E-state index contributed by atoms with van der Waals surface area (Å²) in [5.74, 6) is 23.5. The molecule has 15 heteroatoms. The maximum Gasteiger partial charge on any atom is 0.172 e. The van der Waals surface area contributed by atoms with Gasteiger partial charge in [-0.05, 0) is 409 Å². The average molecular weight is 1940 g/mol. The molecule has 3 aliphatic heterocycles. The predicted molar refractivity (Wildman–Crippen MR) is 561 cm³/mol. The summed E-state index contributed by atoms with van der Waals surface area (Å²) in [6.07, 6.45) is 87.7. The van der Waals surface area contributed by atoms with E-state index >= 15 is 0 Å². The number of hydrogen-bond acceptors (Lipinski definition) is 15. The third-order valence-corrected chi connectivity index (χ3v) is 50.5.